The smallest absolute Gasteiger partial charge is 0.118 e. The molecule has 0 radical (unpaired) electrons. The average Bonchev–Trinajstić information content (AvgIpc) is 2.07. The standard InChI is InChI=1S/C6H11Cl.C2HCl3/c7-6-4-2-1-3-5-6;3-1-2(4)5/h6H,1-5H2;1H. The fourth-order valence-electron chi connectivity index (χ4n) is 1.05. The molecule has 0 amide bonds. The molecule has 0 aliphatic heterocycles. The molecule has 1 saturated carbocycles. The molecule has 0 unspecified atom stereocenters. The Balaban J connectivity index is 0.000000217. The maximum Gasteiger partial charge on any atom is 0.118 e. The minimum Gasteiger partial charge on any atom is -0.123 e. The summed E-state index contributed by atoms with van der Waals surface area (Å²) in [5.74, 6) is 0. The van der Waals surface area contributed by atoms with Gasteiger partial charge in [-0.3, -0.25) is 0 Å². The van der Waals surface area contributed by atoms with Gasteiger partial charge in [-0.15, -0.1) is 11.6 Å². The second-order valence-corrected chi connectivity index (χ2v) is 4.48. The van der Waals surface area contributed by atoms with E-state index < -0.39 is 0 Å². The molecule has 1 rings (SSSR count). The van der Waals surface area contributed by atoms with Gasteiger partial charge < -0.3 is 0 Å². The van der Waals surface area contributed by atoms with Gasteiger partial charge in [0.15, 0.2) is 0 Å². The molecule has 0 spiro atoms. The third-order valence-corrected chi connectivity index (χ3v) is 2.71. The molecule has 0 N–H and O–H groups in total. The largest absolute Gasteiger partial charge is 0.123 e. The van der Waals surface area contributed by atoms with Crippen LogP contribution in [-0.4, -0.2) is 5.38 Å². The maximum atomic E-state index is 5.82. The van der Waals surface area contributed by atoms with E-state index in [0.29, 0.717) is 5.38 Å². The Morgan fingerprint density at radius 3 is 1.67 bits per heavy atom. The lowest BCUT2D eigenvalue weighted by Gasteiger charge is -2.13. The van der Waals surface area contributed by atoms with Crippen LogP contribution in [0.5, 0.6) is 0 Å². The monoisotopic (exact) mass is 248 g/mol. The van der Waals surface area contributed by atoms with Crippen molar-refractivity contribution < 1.29 is 0 Å². The zero-order valence-electron chi connectivity index (χ0n) is 6.70. The number of hydrogen-bond acceptors (Lipinski definition) is 0. The van der Waals surface area contributed by atoms with E-state index in [0.717, 1.165) is 5.54 Å². The van der Waals surface area contributed by atoms with Gasteiger partial charge in [0.05, 0.1) is 0 Å². The predicted molar refractivity (Wildman–Crippen MR) is 58.4 cm³/mol. The van der Waals surface area contributed by atoms with Crippen LogP contribution < -0.4 is 0 Å². The highest BCUT2D eigenvalue weighted by atomic mass is 35.5. The van der Waals surface area contributed by atoms with Crippen molar-refractivity contribution in [3.63, 3.8) is 0 Å². The molecular formula is C8H12Cl4. The van der Waals surface area contributed by atoms with Crippen molar-refractivity contribution >= 4 is 46.4 Å². The van der Waals surface area contributed by atoms with Gasteiger partial charge >= 0.3 is 0 Å². The Kier molecular flexibility index (Phi) is 9.13. The molecule has 0 aromatic rings. The summed E-state index contributed by atoms with van der Waals surface area (Å²) in [6.07, 6.45) is 6.62. The summed E-state index contributed by atoms with van der Waals surface area (Å²) in [6, 6.07) is 0. The molecule has 0 saturated heterocycles. The average molecular weight is 250 g/mol. The molecular weight excluding hydrogens is 238 g/mol. The highest BCUT2D eigenvalue weighted by Gasteiger charge is 2.08. The van der Waals surface area contributed by atoms with Crippen LogP contribution in [0.2, 0.25) is 0 Å². The first kappa shape index (κ1) is 12.9. The topological polar surface area (TPSA) is 0 Å². The maximum absolute atomic E-state index is 5.82. The molecule has 0 atom stereocenters. The van der Waals surface area contributed by atoms with Gasteiger partial charge in [0.2, 0.25) is 0 Å². The summed E-state index contributed by atoms with van der Waals surface area (Å²) in [5, 5.41) is 0.508. The van der Waals surface area contributed by atoms with E-state index in [1.807, 2.05) is 0 Å². The van der Waals surface area contributed by atoms with Crippen molar-refractivity contribution in [1.82, 2.24) is 0 Å². The van der Waals surface area contributed by atoms with E-state index in [1.54, 1.807) is 0 Å². The Morgan fingerprint density at radius 1 is 1.08 bits per heavy atom. The highest BCUT2D eigenvalue weighted by molar-refractivity contribution is 6.58. The molecule has 0 heterocycles. The summed E-state index contributed by atoms with van der Waals surface area (Å²) >= 11 is 20.6. The minimum atomic E-state index is 0.0895. The Labute approximate surface area is 93.8 Å². The van der Waals surface area contributed by atoms with Crippen LogP contribution in [0, 0.1) is 0 Å². The van der Waals surface area contributed by atoms with Crippen LogP contribution in [0.15, 0.2) is 10.0 Å². The number of hydrogen-bond donors (Lipinski definition) is 0. The molecule has 12 heavy (non-hydrogen) atoms. The Morgan fingerprint density at radius 2 is 1.50 bits per heavy atom. The summed E-state index contributed by atoms with van der Waals surface area (Å²) in [6.45, 7) is 0. The van der Waals surface area contributed by atoms with Crippen LogP contribution in [-0.2, 0) is 0 Å². The van der Waals surface area contributed by atoms with E-state index in [-0.39, 0.29) is 4.49 Å². The molecule has 0 aromatic carbocycles. The van der Waals surface area contributed by atoms with Crippen LogP contribution in [0.25, 0.3) is 0 Å². The number of halogens is 4. The van der Waals surface area contributed by atoms with E-state index >= 15 is 0 Å². The van der Waals surface area contributed by atoms with Crippen molar-refractivity contribution in [1.29, 1.82) is 0 Å². The summed E-state index contributed by atoms with van der Waals surface area (Å²) in [4.78, 5) is 0. The lowest BCUT2D eigenvalue weighted by atomic mass is 10.0. The van der Waals surface area contributed by atoms with Gasteiger partial charge in [-0.25, -0.2) is 0 Å². The molecule has 0 aromatic heterocycles. The summed E-state index contributed by atoms with van der Waals surface area (Å²) in [5.41, 5.74) is 1.09. The first-order chi connectivity index (χ1) is 5.66. The van der Waals surface area contributed by atoms with Crippen molar-refractivity contribution in [2.75, 3.05) is 0 Å². The SMILES string of the molecule is ClC1CCCCC1.ClC=C(Cl)Cl. The molecule has 0 bridgehead atoms. The third kappa shape index (κ3) is 8.99. The van der Waals surface area contributed by atoms with Gasteiger partial charge in [0, 0.05) is 10.9 Å². The first-order valence-electron chi connectivity index (χ1n) is 3.92. The summed E-state index contributed by atoms with van der Waals surface area (Å²) < 4.78 is 0.0895. The lowest BCUT2D eigenvalue weighted by molar-refractivity contribution is 0.511. The fraction of sp³-hybridized carbons (Fsp3) is 0.750. The van der Waals surface area contributed by atoms with Crippen molar-refractivity contribution in [2.24, 2.45) is 0 Å². The number of alkyl halides is 1. The van der Waals surface area contributed by atoms with Crippen molar-refractivity contribution in [3.05, 3.63) is 10.0 Å². The van der Waals surface area contributed by atoms with E-state index in [1.165, 1.54) is 32.1 Å². The van der Waals surface area contributed by atoms with E-state index in [4.69, 9.17) is 46.4 Å². The lowest BCUT2D eigenvalue weighted by Crippen LogP contribution is -2.03. The quantitative estimate of drug-likeness (QED) is 0.527. The molecule has 1 aliphatic carbocycles. The normalized spacial score (nSPS) is 17.7. The van der Waals surface area contributed by atoms with Crippen LogP contribution in [0.3, 0.4) is 0 Å². The first-order valence-corrected chi connectivity index (χ1v) is 5.55. The Bertz CT molecular complexity index is 123. The molecule has 1 fully saturated rings. The third-order valence-electron chi connectivity index (χ3n) is 1.62. The number of rotatable bonds is 0. The van der Waals surface area contributed by atoms with Crippen LogP contribution in [0.1, 0.15) is 32.1 Å². The van der Waals surface area contributed by atoms with E-state index in [2.05, 4.69) is 0 Å². The minimum absolute atomic E-state index is 0.0895. The molecule has 0 nitrogen and oxygen atoms in total. The van der Waals surface area contributed by atoms with Gasteiger partial charge in [-0.2, -0.15) is 0 Å². The molecule has 72 valence electrons. The molecule has 1 aliphatic rings. The molecule has 4 heteroatoms. The van der Waals surface area contributed by atoms with Crippen molar-refractivity contribution in [2.45, 2.75) is 37.5 Å². The zero-order chi connectivity index (χ0) is 9.40. The van der Waals surface area contributed by atoms with Gasteiger partial charge in [-0.1, -0.05) is 54.1 Å². The fourth-order valence-corrected chi connectivity index (χ4v) is 1.36. The highest BCUT2D eigenvalue weighted by Crippen LogP contribution is 2.21. The van der Waals surface area contributed by atoms with E-state index in [9.17, 15) is 0 Å². The van der Waals surface area contributed by atoms with Crippen molar-refractivity contribution in [3.8, 4) is 0 Å². The van der Waals surface area contributed by atoms with Crippen LogP contribution in [0.4, 0.5) is 0 Å². The van der Waals surface area contributed by atoms with Gasteiger partial charge in [0.1, 0.15) is 4.49 Å². The predicted octanol–water partition coefficient (Wildman–Crippen LogP) is 5.06. The zero-order valence-corrected chi connectivity index (χ0v) is 9.73. The second-order valence-electron chi connectivity index (χ2n) is 2.63. The van der Waals surface area contributed by atoms with Crippen LogP contribution >= 0.6 is 46.4 Å². The second kappa shape index (κ2) is 8.50. The van der Waals surface area contributed by atoms with Gasteiger partial charge in [0.25, 0.3) is 0 Å². The Hall–Kier alpha value is 0.900. The van der Waals surface area contributed by atoms with Gasteiger partial charge in [-0.05, 0) is 12.8 Å². The summed E-state index contributed by atoms with van der Waals surface area (Å²) in [7, 11) is 0.